The van der Waals surface area contributed by atoms with Gasteiger partial charge in [0.15, 0.2) is 5.78 Å². The second-order valence-corrected chi connectivity index (χ2v) is 5.45. The van der Waals surface area contributed by atoms with E-state index in [9.17, 15) is 4.79 Å². The lowest BCUT2D eigenvalue weighted by Gasteiger charge is -2.32. The molecule has 1 aliphatic carbocycles. The van der Waals surface area contributed by atoms with Gasteiger partial charge in [-0.05, 0) is 35.8 Å². The van der Waals surface area contributed by atoms with E-state index in [1.165, 1.54) is 5.57 Å². The highest BCUT2D eigenvalue weighted by Gasteiger charge is 2.30. The molecule has 98 valence electrons. The van der Waals surface area contributed by atoms with Gasteiger partial charge in [-0.1, -0.05) is 53.7 Å². The summed E-state index contributed by atoms with van der Waals surface area (Å²) < 4.78 is 0. The minimum atomic E-state index is 0.156. The van der Waals surface area contributed by atoms with Gasteiger partial charge in [0.05, 0.1) is 0 Å². The third kappa shape index (κ3) is 4.49. The number of hydrogen-bond donors (Lipinski definition) is 0. The maximum absolute atomic E-state index is 11.6. The fourth-order valence-corrected chi connectivity index (χ4v) is 2.05. The highest BCUT2D eigenvalue weighted by Crippen LogP contribution is 2.39. The number of allylic oxidation sites excluding steroid dienone is 4. The lowest BCUT2D eigenvalue weighted by atomic mass is 9.72. The molecule has 17 heavy (non-hydrogen) atoms. The van der Waals surface area contributed by atoms with Gasteiger partial charge in [0.25, 0.3) is 0 Å². The van der Waals surface area contributed by atoms with Crippen LogP contribution < -0.4 is 0 Å². The molecule has 0 unspecified atom stereocenters. The van der Waals surface area contributed by atoms with Crippen LogP contribution in [0.2, 0.25) is 0 Å². The molecule has 0 saturated carbocycles. The molecule has 0 aromatic carbocycles. The fraction of sp³-hybridized carbons (Fsp3) is 0.688. The molecule has 0 atom stereocenters. The van der Waals surface area contributed by atoms with Crippen LogP contribution in [-0.4, -0.2) is 5.78 Å². The molecule has 0 heterocycles. The monoisotopic (exact) mass is 236 g/mol. The summed E-state index contributed by atoms with van der Waals surface area (Å²) in [6.07, 6.45) is 6.01. The molecule has 0 aromatic rings. The fourth-order valence-electron chi connectivity index (χ4n) is 2.05. The first-order valence-corrected chi connectivity index (χ1v) is 6.77. The molecule has 0 aliphatic heterocycles. The van der Waals surface area contributed by atoms with E-state index >= 15 is 0 Å². The van der Waals surface area contributed by atoms with E-state index in [1.54, 1.807) is 0 Å². The molecule has 1 rings (SSSR count). The Labute approximate surface area is 107 Å². The first-order valence-electron chi connectivity index (χ1n) is 6.77. The Morgan fingerprint density at radius 1 is 1.24 bits per heavy atom. The van der Waals surface area contributed by atoms with Crippen molar-refractivity contribution in [1.82, 2.24) is 0 Å². The zero-order chi connectivity index (χ0) is 13.6. The van der Waals surface area contributed by atoms with Crippen LogP contribution in [0.15, 0.2) is 23.3 Å². The van der Waals surface area contributed by atoms with Crippen molar-refractivity contribution >= 4 is 5.78 Å². The Bertz CT molecular complexity index is 316. The van der Waals surface area contributed by atoms with Crippen molar-refractivity contribution in [3.05, 3.63) is 23.3 Å². The Morgan fingerprint density at radius 3 is 2.24 bits per heavy atom. The number of rotatable bonds is 2. The summed E-state index contributed by atoms with van der Waals surface area (Å²) in [4.78, 5) is 11.6. The largest absolute Gasteiger partial charge is 0.295 e. The van der Waals surface area contributed by atoms with Gasteiger partial charge in [-0.25, -0.2) is 0 Å². The van der Waals surface area contributed by atoms with E-state index in [2.05, 4.69) is 39.8 Å². The zero-order valence-corrected chi connectivity index (χ0v) is 12.6. The molecule has 0 amide bonds. The normalized spacial score (nSPS) is 19.6. The van der Waals surface area contributed by atoms with Crippen molar-refractivity contribution < 1.29 is 4.79 Å². The minimum absolute atomic E-state index is 0.156. The summed E-state index contributed by atoms with van der Waals surface area (Å²) in [5, 5.41) is 0. The highest BCUT2D eigenvalue weighted by atomic mass is 16.1. The average molecular weight is 236 g/mol. The number of carbonyl (C=O) groups is 1. The first-order chi connectivity index (χ1) is 7.84. The molecule has 0 N–H and O–H groups in total. The van der Waals surface area contributed by atoms with E-state index in [-0.39, 0.29) is 5.41 Å². The predicted octanol–water partition coefficient (Wildman–Crippen LogP) is 4.93. The molecular formula is C16H28O. The number of ketones is 1. The van der Waals surface area contributed by atoms with Crippen LogP contribution in [0.4, 0.5) is 0 Å². The molecule has 0 aromatic heterocycles. The quantitative estimate of drug-likeness (QED) is 0.664. The number of carbonyl (C=O) groups excluding carboxylic acids is 1. The summed E-state index contributed by atoms with van der Waals surface area (Å²) in [5.41, 5.74) is 2.35. The van der Waals surface area contributed by atoms with Crippen LogP contribution in [0, 0.1) is 11.3 Å². The maximum atomic E-state index is 11.6. The van der Waals surface area contributed by atoms with Crippen LogP contribution in [0.1, 0.15) is 61.3 Å². The van der Waals surface area contributed by atoms with Crippen LogP contribution >= 0.6 is 0 Å². The van der Waals surface area contributed by atoms with Gasteiger partial charge < -0.3 is 0 Å². The third-order valence-electron chi connectivity index (χ3n) is 3.18. The van der Waals surface area contributed by atoms with Gasteiger partial charge in [0.1, 0.15) is 0 Å². The van der Waals surface area contributed by atoms with Gasteiger partial charge in [-0.3, -0.25) is 4.79 Å². The molecule has 0 saturated heterocycles. The van der Waals surface area contributed by atoms with Gasteiger partial charge in [-0.2, -0.15) is 0 Å². The van der Waals surface area contributed by atoms with E-state index in [1.807, 2.05) is 20.8 Å². The van der Waals surface area contributed by atoms with Crippen molar-refractivity contribution in [3.63, 3.8) is 0 Å². The van der Waals surface area contributed by atoms with Crippen LogP contribution in [0.25, 0.3) is 0 Å². The highest BCUT2D eigenvalue weighted by molar-refractivity contribution is 5.97. The molecule has 1 heteroatoms. The SMILES string of the molecule is CC.CC1=C(/C=C/C(C)C)C(C)(C)CCC1=O. The second kappa shape index (κ2) is 6.78. The minimum Gasteiger partial charge on any atom is -0.295 e. The summed E-state index contributed by atoms with van der Waals surface area (Å²) >= 11 is 0. The van der Waals surface area contributed by atoms with Crippen LogP contribution in [-0.2, 0) is 4.79 Å². The zero-order valence-electron chi connectivity index (χ0n) is 12.6. The summed E-state index contributed by atoms with van der Waals surface area (Å²) in [5.74, 6) is 0.857. The molecule has 0 radical (unpaired) electrons. The molecular weight excluding hydrogens is 208 g/mol. The summed E-state index contributed by atoms with van der Waals surface area (Å²) in [6, 6.07) is 0. The van der Waals surface area contributed by atoms with Crippen molar-refractivity contribution in [2.75, 3.05) is 0 Å². The Morgan fingerprint density at radius 2 is 1.76 bits per heavy atom. The predicted molar refractivity (Wildman–Crippen MR) is 76.0 cm³/mol. The maximum Gasteiger partial charge on any atom is 0.158 e. The van der Waals surface area contributed by atoms with Gasteiger partial charge in [0, 0.05) is 6.42 Å². The van der Waals surface area contributed by atoms with Gasteiger partial charge in [-0.15, -0.1) is 0 Å². The number of hydrogen-bond acceptors (Lipinski definition) is 1. The van der Waals surface area contributed by atoms with Crippen molar-refractivity contribution in [2.24, 2.45) is 11.3 Å². The van der Waals surface area contributed by atoms with Crippen LogP contribution in [0.3, 0.4) is 0 Å². The van der Waals surface area contributed by atoms with Crippen molar-refractivity contribution in [1.29, 1.82) is 0 Å². The summed E-state index contributed by atoms with van der Waals surface area (Å²) in [6.45, 7) is 14.7. The van der Waals surface area contributed by atoms with Gasteiger partial charge >= 0.3 is 0 Å². The Balaban J connectivity index is 0.00000121. The Kier molecular flexibility index (Phi) is 6.44. The standard InChI is InChI=1S/C14H22O.C2H6/c1-10(2)6-7-12-11(3)13(15)8-9-14(12,4)5;1-2/h6-7,10H,8-9H2,1-5H3;1-2H3/b7-6+;. The average Bonchev–Trinajstić information content (AvgIpc) is 2.26. The van der Waals surface area contributed by atoms with E-state index in [0.717, 1.165) is 12.0 Å². The number of Topliss-reactive ketones (excluding diaryl/α,β-unsaturated/α-hetero) is 1. The van der Waals surface area contributed by atoms with E-state index in [0.29, 0.717) is 18.1 Å². The molecule has 0 bridgehead atoms. The lowest BCUT2D eigenvalue weighted by Crippen LogP contribution is -2.24. The van der Waals surface area contributed by atoms with Gasteiger partial charge in [0.2, 0.25) is 0 Å². The molecule has 1 aliphatic rings. The second-order valence-electron chi connectivity index (χ2n) is 5.45. The van der Waals surface area contributed by atoms with E-state index in [4.69, 9.17) is 0 Å². The van der Waals surface area contributed by atoms with Crippen LogP contribution in [0.5, 0.6) is 0 Å². The molecule has 1 nitrogen and oxygen atoms in total. The summed E-state index contributed by atoms with van der Waals surface area (Å²) in [7, 11) is 0. The molecule has 0 spiro atoms. The van der Waals surface area contributed by atoms with Crippen molar-refractivity contribution in [3.8, 4) is 0 Å². The first kappa shape index (κ1) is 16.1. The third-order valence-corrected chi connectivity index (χ3v) is 3.18. The lowest BCUT2D eigenvalue weighted by molar-refractivity contribution is -0.116. The topological polar surface area (TPSA) is 17.1 Å². The van der Waals surface area contributed by atoms with E-state index < -0.39 is 0 Å². The smallest absolute Gasteiger partial charge is 0.158 e. The van der Waals surface area contributed by atoms with Crippen molar-refractivity contribution in [2.45, 2.75) is 61.3 Å². The Hall–Kier alpha value is -0.850. The molecule has 0 fully saturated rings.